The number of benzene rings is 2. The second-order valence-electron chi connectivity index (χ2n) is 8.29. The van der Waals surface area contributed by atoms with Gasteiger partial charge in [-0.2, -0.15) is 0 Å². The Balaban J connectivity index is 1.70. The molecular weight excluding hydrogens is 496 g/mol. The van der Waals surface area contributed by atoms with Gasteiger partial charge in [-0.3, -0.25) is 9.59 Å². The maximum Gasteiger partial charge on any atom is 0.277 e. The first kappa shape index (κ1) is 25.9. The van der Waals surface area contributed by atoms with Gasteiger partial charge in [-0.25, -0.2) is 23.1 Å². The second kappa shape index (κ2) is 10.9. The summed E-state index contributed by atoms with van der Waals surface area (Å²) in [7, 11) is -3.74. The van der Waals surface area contributed by atoms with Crippen molar-refractivity contribution < 1.29 is 18.3 Å². The zero-order chi connectivity index (χ0) is 26.6. The topological polar surface area (TPSA) is 169 Å². The SMILES string of the molecule is Cc1ccccc1-c1cc2cnc(Nc3ccc(S(=O)(=O)NCCO)cc3)nc2c(=O)n1CCC(N)=O. The molecule has 11 nitrogen and oxygen atoms in total. The molecule has 0 spiro atoms. The highest BCUT2D eigenvalue weighted by molar-refractivity contribution is 7.89. The number of aromatic nitrogens is 3. The number of aryl methyl sites for hydroxylation is 1. The Kier molecular flexibility index (Phi) is 7.62. The summed E-state index contributed by atoms with van der Waals surface area (Å²) in [6.45, 7) is 1.64. The minimum Gasteiger partial charge on any atom is -0.395 e. The summed E-state index contributed by atoms with van der Waals surface area (Å²) in [5.41, 5.74) is 8.06. The summed E-state index contributed by atoms with van der Waals surface area (Å²) in [5, 5.41) is 12.3. The molecule has 1 amide bonds. The van der Waals surface area contributed by atoms with E-state index in [4.69, 9.17) is 10.8 Å². The van der Waals surface area contributed by atoms with Crippen LogP contribution in [0.5, 0.6) is 0 Å². The quantitative estimate of drug-likeness (QED) is 0.244. The van der Waals surface area contributed by atoms with Crippen molar-refractivity contribution in [3.63, 3.8) is 0 Å². The van der Waals surface area contributed by atoms with E-state index in [0.29, 0.717) is 16.8 Å². The lowest BCUT2D eigenvalue weighted by Crippen LogP contribution is -2.26. The Morgan fingerprint density at radius 3 is 2.54 bits per heavy atom. The van der Waals surface area contributed by atoms with Crippen molar-refractivity contribution in [1.82, 2.24) is 19.3 Å². The molecular formula is C25H26N6O5S. The molecule has 0 fully saturated rings. The molecule has 2 aromatic heterocycles. The fourth-order valence-corrected chi connectivity index (χ4v) is 4.85. The van der Waals surface area contributed by atoms with Crippen molar-refractivity contribution in [3.05, 3.63) is 76.7 Å². The summed E-state index contributed by atoms with van der Waals surface area (Å²) in [5.74, 6) is -0.381. The maximum atomic E-state index is 13.5. The number of aliphatic hydroxyl groups is 1. The normalized spacial score (nSPS) is 11.5. The first-order valence-electron chi connectivity index (χ1n) is 11.4. The number of hydrogen-bond donors (Lipinski definition) is 4. The fraction of sp³-hybridized carbons (Fsp3) is 0.200. The second-order valence-corrected chi connectivity index (χ2v) is 10.1. The third-order valence-electron chi connectivity index (χ3n) is 5.68. The van der Waals surface area contributed by atoms with Crippen LogP contribution in [-0.2, 0) is 21.4 Å². The summed E-state index contributed by atoms with van der Waals surface area (Å²) in [6, 6.07) is 15.3. The fourth-order valence-electron chi connectivity index (χ4n) is 3.83. The van der Waals surface area contributed by atoms with Crippen LogP contribution in [0.25, 0.3) is 22.2 Å². The van der Waals surface area contributed by atoms with E-state index in [1.54, 1.807) is 0 Å². The number of pyridine rings is 1. The van der Waals surface area contributed by atoms with E-state index in [-0.39, 0.29) is 48.0 Å². The van der Waals surface area contributed by atoms with Crippen LogP contribution < -0.4 is 21.3 Å². The zero-order valence-electron chi connectivity index (χ0n) is 20.0. The first-order valence-corrected chi connectivity index (χ1v) is 12.9. The largest absolute Gasteiger partial charge is 0.395 e. The molecule has 0 aliphatic heterocycles. The van der Waals surface area contributed by atoms with Gasteiger partial charge in [-0.1, -0.05) is 24.3 Å². The third kappa shape index (κ3) is 5.82. The molecule has 12 heteroatoms. The Labute approximate surface area is 213 Å². The summed E-state index contributed by atoms with van der Waals surface area (Å²) >= 11 is 0. The van der Waals surface area contributed by atoms with Gasteiger partial charge in [0.1, 0.15) is 5.52 Å². The molecule has 0 aliphatic rings. The standard InChI is InChI=1S/C25H26N6O5S/c1-16-4-2-3-5-20(16)21-14-17-15-27-25(30-23(17)24(34)31(21)12-10-22(26)33)29-18-6-8-19(9-7-18)37(35,36)28-11-13-32/h2-9,14-15,28,32H,10-13H2,1H3,(H2,26,33)(H,27,29,30). The highest BCUT2D eigenvalue weighted by Crippen LogP contribution is 2.26. The summed E-state index contributed by atoms with van der Waals surface area (Å²) < 4.78 is 28.1. The number of rotatable bonds is 10. The van der Waals surface area contributed by atoms with E-state index in [1.165, 1.54) is 35.0 Å². The number of carbonyl (C=O) groups is 1. The van der Waals surface area contributed by atoms with Gasteiger partial charge in [0, 0.05) is 42.3 Å². The lowest BCUT2D eigenvalue weighted by Gasteiger charge is -2.16. The minimum absolute atomic E-state index is 0.0110. The molecule has 0 unspecified atom stereocenters. The van der Waals surface area contributed by atoms with Crippen molar-refractivity contribution in [2.24, 2.45) is 5.73 Å². The number of nitrogens with one attached hydrogen (secondary N) is 2. The van der Waals surface area contributed by atoms with Crippen LogP contribution >= 0.6 is 0 Å². The van der Waals surface area contributed by atoms with Crippen LogP contribution in [0.4, 0.5) is 11.6 Å². The van der Waals surface area contributed by atoms with Gasteiger partial charge < -0.3 is 20.7 Å². The first-order chi connectivity index (χ1) is 17.7. The third-order valence-corrected chi connectivity index (χ3v) is 7.15. The Morgan fingerprint density at radius 2 is 1.86 bits per heavy atom. The molecule has 4 aromatic rings. The minimum atomic E-state index is -3.74. The molecule has 0 bridgehead atoms. The zero-order valence-corrected chi connectivity index (χ0v) is 20.8. The lowest BCUT2D eigenvalue weighted by molar-refractivity contribution is -0.118. The summed E-state index contributed by atoms with van der Waals surface area (Å²) in [6.07, 6.45) is 1.52. The Bertz CT molecular complexity index is 1620. The number of hydrogen-bond acceptors (Lipinski definition) is 8. The van der Waals surface area contributed by atoms with Gasteiger partial charge in [0.05, 0.1) is 17.2 Å². The van der Waals surface area contributed by atoms with E-state index >= 15 is 0 Å². The van der Waals surface area contributed by atoms with Gasteiger partial charge in [0.15, 0.2) is 0 Å². The van der Waals surface area contributed by atoms with E-state index in [9.17, 15) is 18.0 Å². The molecule has 2 heterocycles. The van der Waals surface area contributed by atoms with Crippen LogP contribution in [0, 0.1) is 6.92 Å². The maximum absolute atomic E-state index is 13.5. The van der Waals surface area contributed by atoms with Gasteiger partial charge >= 0.3 is 0 Å². The Hall–Kier alpha value is -4.13. The number of amides is 1. The highest BCUT2D eigenvalue weighted by atomic mass is 32.2. The molecule has 0 aliphatic carbocycles. The number of nitrogens with two attached hydrogens (primary N) is 1. The van der Waals surface area contributed by atoms with Gasteiger partial charge in [0.25, 0.3) is 5.56 Å². The number of carbonyl (C=O) groups excluding carboxylic acids is 1. The van der Waals surface area contributed by atoms with Crippen molar-refractivity contribution in [2.45, 2.75) is 24.8 Å². The van der Waals surface area contributed by atoms with E-state index in [1.807, 2.05) is 37.3 Å². The molecule has 0 atom stereocenters. The van der Waals surface area contributed by atoms with E-state index in [0.717, 1.165) is 11.1 Å². The van der Waals surface area contributed by atoms with Crippen LogP contribution in [0.15, 0.2) is 70.5 Å². The van der Waals surface area contributed by atoms with Gasteiger partial charge in [-0.05, 0) is 42.8 Å². The Morgan fingerprint density at radius 1 is 1.14 bits per heavy atom. The van der Waals surface area contributed by atoms with Gasteiger partial charge in [0.2, 0.25) is 21.9 Å². The average Bonchev–Trinajstić information content (AvgIpc) is 2.88. The number of anilines is 2. The molecule has 192 valence electrons. The molecule has 4 rings (SSSR count). The number of sulfonamides is 1. The van der Waals surface area contributed by atoms with Crippen LogP contribution in [0.3, 0.4) is 0 Å². The van der Waals surface area contributed by atoms with Gasteiger partial charge in [-0.15, -0.1) is 0 Å². The number of fused-ring (bicyclic) bond motifs is 1. The average molecular weight is 523 g/mol. The molecule has 0 saturated carbocycles. The molecule has 2 aromatic carbocycles. The summed E-state index contributed by atoms with van der Waals surface area (Å²) in [4.78, 5) is 33.7. The molecule has 0 radical (unpaired) electrons. The lowest BCUT2D eigenvalue weighted by atomic mass is 10.0. The highest BCUT2D eigenvalue weighted by Gasteiger charge is 2.16. The van der Waals surface area contributed by atoms with E-state index < -0.39 is 15.9 Å². The van der Waals surface area contributed by atoms with Crippen LogP contribution in [-0.4, -0.2) is 47.1 Å². The molecule has 0 saturated heterocycles. The smallest absolute Gasteiger partial charge is 0.277 e. The predicted molar refractivity (Wildman–Crippen MR) is 140 cm³/mol. The number of primary amides is 1. The monoisotopic (exact) mass is 522 g/mol. The predicted octanol–water partition coefficient (Wildman–Crippen LogP) is 1.66. The van der Waals surface area contributed by atoms with Crippen LogP contribution in [0.1, 0.15) is 12.0 Å². The van der Waals surface area contributed by atoms with Crippen molar-refractivity contribution in [1.29, 1.82) is 0 Å². The van der Waals surface area contributed by atoms with Crippen LogP contribution in [0.2, 0.25) is 0 Å². The molecule has 37 heavy (non-hydrogen) atoms. The van der Waals surface area contributed by atoms with Crippen molar-refractivity contribution in [3.8, 4) is 11.3 Å². The van der Waals surface area contributed by atoms with E-state index in [2.05, 4.69) is 20.0 Å². The molecule has 5 N–H and O–H groups in total. The number of aliphatic hydroxyl groups excluding tert-OH is 1. The number of nitrogens with zero attached hydrogens (tertiary/aromatic N) is 3. The van der Waals surface area contributed by atoms with Crippen molar-refractivity contribution >= 4 is 38.5 Å². The van der Waals surface area contributed by atoms with Crippen molar-refractivity contribution in [2.75, 3.05) is 18.5 Å².